The molecule has 0 N–H and O–H groups in total. The van der Waals surface area contributed by atoms with Gasteiger partial charge in [0.05, 0.1) is 19.1 Å². The highest BCUT2D eigenvalue weighted by Gasteiger charge is 2.13. The molecule has 16 heavy (non-hydrogen) atoms. The third kappa shape index (κ3) is 2.61. The molecule has 0 unspecified atom stereocenters. The number of ether oxygens (including phenoxy) is 1. The number of halogens is 1. The van der Waals surface area contributed by atoms with Gasteiger partial charge in [-0.2, -0.15) is 5.26 Å². The number of nitrogens with zero attached hydrogens (tertiary/aromatic N) is 1. The van der Waals surface area contributed by atoms with Crippen molar-refractivity contribution >= 4 is 21.9 Å². The maximum Gasteiger partial charge on any atom is 0.310 e. The second-order valence-corrected chi connectivity index (χ2v) is 4.08. The van der Waals surface area contributed by atoms with Crippen molar-refractivity contribution in [3.8, 4) is 6.07 Å². The molecule has 0 radical (unpaired) electrons. The molecule has 4 heteroatoms. The van der Waals surface area contributed by atoms with Crippen LogP contribution in [0.2, 0.25) is 0 Å². The largest absolute Gasteiger partial charge is 0.469 e. The van der Waals surface area contributed by atoms with Gasteiger partial charge in [-0.05, 0) is 39.5 Å². The first kappa shape index (κ1) is 12.7. The van der Waals surface area contributed by atoms with Gasteiger partial charge in [-0.3, -0.25) is 4.79 Å². The molecule has 0 atom stereocenters. The fourth-order valence-corrected chi connectivity index (χ4v) is 2.10. The van der Waals surface area contributed by atoms with Crippen molar-refractivity contribution in [2.75, 3.05) is 7.11 Å². The molecule has 0 saturated carbocycles. The van der Waals surface area contributed by atoms with Gasteiger partial charge in [0.25, 0.3) is 0 Å². The predicted octanol–water partition coefficient (Wildman–Crippen LogP) is 2.60. The molecule has 3 nitrogen and oxygen atoms in total. The number of rotatable bonds is 3. The number of hydrogen-bond donors (Lipinski definition) is 0. The number of hydrogen-bond acceptors (Lipinski definition) is 3. The van der Waals surface area contributed by atoms with Crippen molar-refractivity contribution in [2.24, 2.45) is 0 Å². The lowest BCUT2D eigenvalue weighted by atomic mass is 10.00. The Labute approximate surface area is 103 Å². The summed E-state index contributed by atoms with van der Waals surface area (Å²) in [7, 11) is 1.36. The minimum Gasteiger partial charge on any atom is -0.469 e. The Balaban J connectivity index is 3.22. The molecule has 0 saturated heterocycles. The second kappa shape index (κ2) is 5.66. The van der Waals surface area contributed by atoms with Crippen LogP contribution in [0.4, 0.5) is 0 Å². The van der Waals surface area contributed by atoms with Crippen LogP contribution in [0.3, 0.4) is 0 Å². The summed E-state index contributed by atoms with van der Waals surface area (Å²) in [5.74, 6) is -0.300. The molecule has 0 aliphatic rings. The average Bonchev–Trinajstić information content (AvgIpc) is 2.31. The number of carbonyl (C=O) groups is 1. The van der Waals surface area contributed by atoms with Crippen molar-refractivity contribution in [3.05, 3.63) is 33.3 Å². The lowest BCUT2D eigenvalue weighted by Gasteiger charge is -2.10. The van der Waals surface area contributed by atoms with E-state index in [1.54, 1.807) is 6.07 Å². The molecule has 0 aliphatic carbocycles. The van der Waals surface area contributed by atoms with E-state index < -0.39 is 0 Å². The normalized spacial score (nSPS) is 9.62. The fourth-order valence-electron chi connectivity index (χ4n) is 1.49. The van der Waals surface area contributed by atoms with Crippen LogP contribution in [0.5, 0.6) is 0 Å². The van der Waals surface area contributed by atoms with E-state index in [0.29, 0.717) is 10.0 Å². The molecule has 1 aromatic carbocycles. The Morgan fingerprint density at radius 2 is 2.25 bits per heavy atom. The van der Waals surface area contributed by atoms with Crippen LogP contribution in [0.1, 0.15) is 23.6 Å². The van der Waals surface area contributed by atoms with Crippen LogP contribution in [-0.4, -0.2) is 13.1 Å². The van der Waals surface area contributed by atoms with Gasteiger partial charge in [-0.15, -0.1) is 0 Å². The summed E-state index contributed by atoms with van der Waals surface area (Å²) in [4.78, 5) is 11.3. The first-order valence-electron chi connectivity index (χ1n) is 4.91. The number of nitriles is 1. The SMILES string of the molecule is CCc1ccc(C#N)c(Br)c1CC(=O)OC. The molecule has 0 amide bonds. The highest BCUT2D eigenvalue weighted by Crippen LogP contribution is 2.26. The molecule has 1 rings (SSSR count). The number of aryl methyl sites for hydroxylation is 1. The maximum atomic E-state index is 11.3. The first-order valence-corrected chi connectivity index (χ1v) is 5.70. The number of methoxy groups -OCH3 is 1. The second-order valence-electron chi connectivity index (χ2n) is 3.28. The van der Waals surface area contributed by atoms with Gasteiger partial charge in [-0.1, -0.05) is 13.0 Å². The highest BCUT2D eigenvalue weighted by molar-refractivity contribution is 9.10. The summed E-state index contributed by atoms with van der Waals surface area (Å²) in [6, 6.07) is 5.71. The van der Waals surface area contributed by atoms with E-state index in [-0.39, 0.29) is 12.4 Å². The van der Waals surface area contributed by atoms with Crippen molar-refractivity contribution in [2.45, 2.75) is 19.8 Å². The Morgan fingerprint density at radius 3 is 2.75 bits per heavy atom. The monoisotopic (exact) mass is 281 g/mol. The van der Waals surface area contributed by atoms with Crippen LogP contribution < -0.4 is 0 Å². The highest BCUT2D eigenvalue weighted by atomic mass is 79.9. The number of carbonyl (C=O) groups excluding carboxylic acids is 1. The van der Waals surface area contributed by atoms with E-state index in [2.05, 4.69) is 26.7 Å². The van der Waals surface area contributed by atoms with Crippen LogP contribution in [-0.2, 0) is 22.4 Å². The molecule has 0 aromatic heterocycles. The molecular weight excluding hydrogens is 270 g/mol. The maximum absolute atomic E-state index is 11.3. The van der Waals surface area contributed by atoms with E-state index >= 15 is 0 Å². The topological polar surface area (TPSA) is 50.1 Å². The van der Waals surface area contributed by atoms with E-state index in [1.165, 1.54) is 7.11 Å². The van der Waals surface area contributed by atoms with Gasteiger partial charge < -0.3 is 4.74 Å². The standard InChI is InChI=1S/C12H12BrNO2/c1-3-8-4-5-9(7-14)12(13)10(8)6-11(15)16-2/h4-5H,3,6H2,1-2H3. The molecule has 0 fully saturated rings. The Bertz CT molecular complexity index is 449. The van der Waals surface area contributed by atoms with Crippen molar-refractivity contribution in [1.82, 2.24) is 0 Å². The van der Waals surface area contributed by atoms with Crippen molar-refractivity contribution < 1.29 is 9.53 Å². The molecule has 1 aromatic rings. The summed E-state index contributed by atoms with van der Waals surface area (Å²) < 4.78 is 5.33. The van der Waals surface area contributed by atoms with Crippen LogP contribution in [0.25, 0.3) is 0 Å². The molecular formula is C12H12BrNO2. The van der Waals surface area contributed by atoms with Gasteiger partial charge in [0, 0.05) is 4.47 Å². The van der Waals surface area contributed by atoms with E-state index in [4.69, 9.17) is 5.26 Å². The van der Waals surface area contributed by atoms with Gasteiger partial charge in [0.1, 0.15) is 6.07 Å². The fraction of sp³-hybridized carbons (Fsp3) is 0.333. The zero-order valence-electron chi connectivity index (χ0n) is 9.21. The molecule has 0 aliphatic heterocycles. The zero-order valence-corrected chi connectivity index (χ0v) is 10.8. The smallest absolute Gasteiger partial charge is 0.310 e. The molecule has 0 heterocycles. The van der Waals surface area contributed by atoms with Crippen LogP contribution in [0, 0.1) is 11.3 Å². The van der Waals surface area contributed by atoms with E-state index in [1.807, 2.05) is 13.0 Å². The van der Waals surface area contributed by atoms with Crippen LogP contribution in [0.15, 0.2) is 16.6 Å². The lowest BCUT2D eigenvalue weighted by molar-refractivity contribution is -0.139. The van der Waals surface area contributed by atoms with Crippen molar-refractivity contribution in [3.63, 3.8) is 0 Å². The Morgan fingerprint density at radius 1 is 1.56 bits per heavy atom. The average molecular weight is 282 g/mol. The summed E-state index contributed by atoms with van der Waals surface area (Å²) in [6.45, 7) is 2.01. The Kier molecular flexibility index (Phi) is 4.51. The minimum atomic E-state index is -0.300. The van der Waals surface area contributed by atoms with E-state index in [9.17, 15) is 4.79 Å². The number of benzene rings is 1. The first-order chi connectivity index (χ1) is 7.63. The predicted molar refractivity (Wildman–Crippen MR) is 64.0 cm³/mol. The zero-order chi connectivity index (χ0) is 12.1. The van der Waals surface area contributed by atoms with Gasteiger partial charge in [0.15, 0.2) is 0 Å². The summed E-state index contributed by atoms with van der Waals surface area (Å²) in [5.41, 5.74) is 2.43. The quantitative estimate of drug-likeness (QED) is 0.801. The summed E-state index contributed by atoms with van der Waals surface area (Å²) in [6.07, 6.45) is 1.01. The van der Waals surface area contributed by atoms with Gasteiger partial charge in [-0.25, -0.2) is 0 Å². The van der Waals surface area contributed by atoms with E-state index in [0.717, 1.165) is 17.5 Å². The minimum absolute atomic E-state index is 0.190. The lowest BCUT2D eigenvalue weighted by Crippen LogP contribution is -2.08. The Hall–Kier alpha value is -1.34. The molecule has 0 bridgehead atoms. The van der Waals surface area contributed by atoms with Gasteiger partial charge >= 0.3 is 5.97 Å². The summed E-state index contributed by atoms with van der Waals surface area (Å²) in [5, 5.41) is 8.90. The molecule has 84 valence electrons. The van der Waals surface area contributed by atoms with Crippen LogP contribution >= 0.6 is 15.9 Å². The van der Waals surface area contributed by atoms with Gasteiger partial charge in [0.2, 0.25) is 0 Å². The third-order valence-electron chi connectivity index (χ3n) is 2.39. The van der Waals surface area contributed by atoms with Crippen molar-refractivity contribution in [1.29, 1.82) is 5.26 Å². The third-order valence-corrected chi connectivity index (χ3v) is 3.30. The summed E-state index contributed by atoms with van der Waals surface area (Å²) >= 11 is 3.36. The number of esters is 1. The molecule has 0 spiro atoms.